The Hall–Kier alpha value is -1.47. The molecule has 2 heterocycles. The van der Waals surface area contributed by atoms with Crippen LogP contribution in [0.15, 0.2) is 17.2 Å². The molecule has 0 atom stereocenters. The molecule has 3 rings (SSSR count). The van der Waals surface area contributed by atoms with Crippen molar-refractivity contribution < 1.29 is 0 Å². The van der Waals surface area contributed by atoms with Gasteiger partial charge in [0, 0.05) is 51.2 Å². The van der Waals surface area contributed by atoms with Crippen molar-refractivity contribution in [1.82, 2.24) is 14.5 Å². The number of hydrogen-bond donors (Lipinski definition) is 1. The first kappa shape index (κ1) is 13.5. The smallest absolute Gasteiger partial charge is 0.293 e. The van der Waals surface area contributed by atoms with Crippen molar-refractivity contribution in [2.24, 2.45) is 5.73 Å². The van der Waals surface area contributed by atoms with E-state index in [0.717, 1.165) is 39.0 Å². The van der Waals surface area contributed by atoms with Crippen LogP contribution in [0.3, 0.4) is 0 Å². The van der Waals surface area contributed by atoms with Crippen LogP contribution < -0.4 is 16.2 Å². The van der Waals surface area contributed by atoms with Crippen LogP contribution in [0.25, 0.3) is 0 Å². The van der Waals surface area contributed by atoms with Gasteiger partial charge in [0.15, 0.2) is 5.82 Å². The number of anilines is 1. The van der Waals surface area contributed by atoms with E-state index in [2.05, 4.69) is 14.8 Å². The highest BCUT2D eigenvalue weighted by atomic mass is 32.1. The second-order valence-corrected chi connectivity index (χ2v) is 5.95. The van der Waals surface area contributed by atoms with Gasteiger partial charge in [-0.3, -0.25) is 9.69 Å². The standard InChI is InChI=1S/C13H19N5OS/c14-11(20)9-16-5-7-17(8-6-16)12-13(19)18(4-3-15-12)10-1-2-10/h3-4,10H,1-2,5-9H2,(H2,14,20). The Morgan fingerprint density at radius 3 is 2.65 bits per heavy atom. The van der Waals surface area contributed by atoms with Crippen LogP contribution in [0, 0.1) is 0 Å². The van der Waals surface area contributed by atoms with Gasteiger partial charge in [-0.25, -0.2) is 4.98 Å². The minimum atomic E-state index is 0.0396. The van der Waals surface area contributed by atoms with Crippen LogP contribution in [0.4, 0.5) is 5.82 Å². The summed E-state index contributed by atoms with van der Waals surface area (Å²) in [6.07, 6.45) is 5.74. The molecule has 2 fully saturated rings. The first-order valence-electron chi connectivity index (χ1n) is 6.98. The number of thiocarbonyl (C=S) groups is 1. The lowest BCUT2D eigenvalue weighted by Crippen LogP contribution is -2.50. The van der Waals surface area contributed by atoms with E-state index >= 15 is 0 Å². The van der Waals surface area contributed by atoms with Crippen LogP contribution in [0.5, 0.6) is 0 Å². The van der Waals surface area contributed by atoms with Crippen LogP contribution in [0.1, 0.15) is 18.9 Å². The van der Waals surface area contributed by atoms with Gasteiger partial charge in [-0.05, 0) is 12.8 Å². The highest BCUT2D eigenvalue weighted by Gasteiger charge is 2.27. The molecule has 0 radical (unpaired) electrons. The van der Waals surface area contributed by atoms with Crippen LogP contribution in [0.2, 0.25) is 0 Å². The molecule has 0 unspecified atom stereocenters. The predicted octanol–water partition coefficient (Wildman–Crippen LogP) is -0.0137. The molecule has 0 aromatic carbocycles. The Balaban J connectivity index is 1.70. The third kappa shape index (κ3) is 2.83. The summed E-state index contributed by atoms with van der Waals surface area (Å²) < 4.78 is 1.82. The number of aromatic nitrogens is 2. The molecule has 2 aliphatic rings. The first-order valence-corrected chi connectivity index (χ1v) is 7.39. The summed E-state index contributed by atoms with van der Waals surface area (Å²) in [7, 11) is 0. The summed E-state index contributed by atoms with van der Waals surface area (Å²) in [5.74, 6) is 0.578. The van der Waals surface area contributed by atoms with Crippen molar-refractivity contribution in [3.05, 3.63) is 22.7 Å². The molecule has 2 N–H and O–H groups in total. The van der Waals surface area contributed by atoms with Crippen molar-refractivity contribution in [2.45, 2.75) is 18.9 Å². The Morgan fingerprint density at radius 2 is 2.05 bits per heavy atom. The summed E-state index contributed by atoms with van der Waals surface area (Å²) in [5, 5.41) is 0. The third-order valence-corrected chi connectivity index (χ3v) is 3.97. The molecule has 1 aromatic heterocycles. The molecule has 0 spiro atoms. The van der Waals surface area contributed by atoms with E-state index in [1.807, 2.05) is 4.57 Å². The second-order valence-electron chi connectivity index (χ2n) is 5.42. The quantitative estimate of drug-likeness (QED) is 0.787. The molecule has 7 heteroatoms. The zero-order valence-corrected chi connectivity index (χ0v) is 12.2. The van der Waals surface area contributed by atoms with Crippen molar-refractivity contribution in [1.29, 1.82) is 0 Å². The zero-order valence-electron chi connectivity index (χ0n) is 11.4. The zero-order chi connectivity index (χ0) is 14.1. The van der Waals surface area contributed by atoms with Gasteiger partial charge >= 0.3 is 0 Å². The lowest BCUT2D eigenvalue weighted by Gasteiger charge is -2.34. The normalized spacial score (nSPS) is 20.1. The number of hydrogen-bond acceptors (Lipinski definition) is 5. The first-order chi connectivity index (χ1) is 9.65. The number of rotatable bonds is 4. The summed E-state index contributed by atoms with van der Waals surface area (Å²) in [6, 6.07) is 0.389. The highest BCUT2D eigenvalue weighted by Crippen LogP contribution is 2.33. The SMILES string of the molecule is NC(=S)CN1CCN(c2nccn(C3CC3)c2=O)CC1. The fraction of sp³-hybridized carbons (Fsp3) is 0.615. The molecule has 1 aliphatic carbocycles. The summed E-state index contributed by atoms with van der Waals surface area (Å²) in [4.78, 5) is 21.5. The number of nitrogens with two attached hydrogens (primary N) is 1. The van der Waals surface area contributed by atoms with E-state index in [1.54, 1.807) is 12.4 Å². The average Bonchev–Trinajstić information content (AvgIpc) is 3.24. The maximum Gasteiger partial charge on any atom is 0.293 e. The molecule has 0 bridgehead atoms. The van der Waals surface area contributed by atoms with E-state index < -0.39 is 0 Å². The fourth-order valence-corrected chi connectivity index (χ4v) is 2.79. The van der Waals surface area contributed by atoms with Crippen LogP contribution >= 0.6 is 12.2 Å². The lowest BCUT2D eigenvalue weighted by molar-refractivity contribution is 0.291. The van der Waals surface area contributed by atoms with Crippen LogP contribution in [-0.4, -0.2) is 52.2 Å². The minimum absolute atomic E-state index is 0.0396. The summed E-state index contributed by atoms with van der Waals surface area (Å²) >= 11 is 4.93. The molecule has 1 saturated heterocycles. The largest absolute Gasteiger partial charge is 0.392 e. The van der Waals surface area contributed by atoms with E-state index in [0.29, 0.717) is 23.4 Å². The molecule has 108 valence electrons. The molecular weight excluding hydrogens is 274 g/mol. The average molecular weight is 293 g/mol. The maximum atomic E-state index is 12.4. The van der Waals surface area contributed by atoms with Crippen molar-refractivity contribution >= 4 is 23.0 Å². The monoisotopic (exact) mass is 293 g/mol. The Bertz CT molecular complexity index is 560. The third-order valence-electron chi connectivity index (χ3n) is 3.84. The van der Waals surface area contributed by atoms with Crippen molar-refractivity contribution in [3.8, 4) is 0 Å². The van der Waals surface area contributed by atoms with E-state index in [9.17, 15) is 4.79 Å². The summed E-state index contributed by atoms with van der Waals surface area (Å²) in [6.45, 7) is 3.95. The van der Waals surface area contributed by atoms with Gasteiger partial charge in [-0.1, -0.05) is 12.2 Å². The van der Waals surface area contributed by atoms with Gasteiger partial charge < -0.3 is 15.2 Å². The lowest BCUT2D eigenvalue weighted by atomic mass is 10.3. The molecule has 20 heavy (non-hydrogen) atoms. The Labute approximate surface area is 123 Å². The summed E-state index contributed by atoms with van der Waals surface area (Å²) in [5.41, 5.74) is 5.60. The highest BCUT2D eigenvalue weighted by molar-refractivity contribution is 7.80. The molecule has 1 aromatic rings. The van der Waals surface area contributed by atoms with Gasteiger partial charge in [0.25, 0.3) is 5.56 Å². The van der Waals surface area contributed by atoms with Gasteiger partial charge in [0.1, 0.15) is 0 Å². The topological polar surface area (TPSA) is 67.4 Å². The Kier molecular flexibility index (Phi) is 3.71. The van der Waals surface area contributed by atoms with Crippen molar-refractivity contribution in [2.75, 3.05) is 37.6 Å². The van der Waals surface area contributed by atoms with E-state index in [-0.39, 0.29) is 5.56 Å². The molecule has 1 aliphatic heterocycles. The van der Waals surface area contributed by atoms with Gasteiger partial charge in [0.05, 0.1) is 4.99 Å². The Morgan fingerprint density at radius 1 is 1.35 bits per heavy atom. The maximum absolute atomic E-state index is 12.4. The van der Waals surface area contributed by atoms with Gasteiger partial charge in [-0.2, -0.15) is 0 Å². The minimum Gasteiger partial charge on any atom is -0.392 e. The van der Waals surface area contributed by atoms with Gasteiger partial charge in [0.2, 0.25) is 0 Å². The molecule has 0 amide bonds. The van der Waals surface area contributed by atoms with Gasteiger partial charge in [-0.15, -0.1) is 0 Å². The molecule has 1 saturated carbocycles. The van der Waals surface area contributed by atoms with E-state index in [4.69, 9.17) is 18.0 Å². The van der Waals surface area contributed by atoms with Crippen LogP contribution in [-0.2, 0) is 0 Å². The second kappa shape index (κ2) is 5.49. The predicted molar refractivity (Wildman–Crippen MR) is 82.2 cm³/mol. The number of nitrogens with zero attached hydrogens (tertiary/aromatic N) is 4. The van der Waals surface area contributed by atoms with E-state index in [1.165, 1.54) is 0 Å². The molecule has 6 nitrogen and oxygen atoms in total. The molecular formula is C13H19N5OS. The van der Waals surface area contributed by atoms with Crippen molar-refractivity contribution in [3.63, 3.8) is 0 Å². The fourth-order valence-electron chi connectivity index (χ4n) is 2.61. The number of piperazine rings is 1.